The lowest BCUT2D eigenvalue weighted by Gasteiger charge is -2.21. The predicted molar refractivity (Wildman–Crippen MR) is 65.9 cm³/mol. The van der Waals surface area contributed by atoms with Crippen molar-refractivity contribution in [2.75, 3.05) is 0 Å². The molecule has 0 aromatic carbocycles. The van der Waals surface area contributed by atoms with Crippen molar-refractivity contribution in [1.29, 1.82) is 0 Å². The number of carbonyl (C=O) groups is 2. The first-order valence-electron chi connectivity index (χ1n) is 7.18. The van der Waals surface area contributed by atoms with Gasteiger partial charge in [-0.05, 0) is 31.1 Å². The molecular weight excluding hydrogens is 230 g/mol. The van der Waals surface area contributed by atoms with Crippen LogP contribution in [0.2, 0.25) is 0 Å². The van der Waals surface area contributed by atoms with Gasteiger partial charge in [0.15, 0.2) is 0 Å². The van der Waals surface area contributed by atoms with Crippen molar-refractivity contribution < 1.29 is 14.7 Å². The summed E-state index contributed by atoms with van der Waals surface area (Å²) in [6.07, 6.45) is 8.62. The molecule has 0 aromatic rings. The Balaban J connectivity index is 1.51. The number of hydrogen-bond donors (Lipinski definition) is 2. The van der Waals surface area contributed by atoms with Gasteiger partial charge in [0.05, 0.1) is 0 Å². The molecule has 2 N–H and O–H groups in total. The number of aliphatic carboxylic acids is 1. The van der Waals surface area contributed by atoms with Crippen LogP contribution in [0.25, 0.3) is 0 Å². The standard InChI is InChI=1S/C14H21NO3/c16-12(15-14(6-7-14)13(17)18)11-8-10(11)9-4-2-1-3-5-9/h9-11H,1-8H2,(H,15,16)(H,17,18). The van der Waals surface area contributed by atoms with E-state index in [4.69, 9.17) is 5.11 Å². The summed E-state index contributed by atoms with van der Waals surface area (Å²) in [6.45, 7) is 0. The molecule has 4 heteroatoms. The number of amides is 1. The van der Waals surface area contributed by atoms with Gasteiger partial charge in [-0.15, -0.1) is 0 Å². The number of hydrogen-bond acceptors (Lipinski definition) is 2. The third-order valence-electron chi connectivity index (χ3n) is 4.95. The van der Waals surface area contributed by atoms with Gasteiger partial charge in [0.25, 0.3) is 0 Å². The summed E-state index contributed by atoms with van der Waals surface area (Å²) in [5.74, 6) is 0.477. The van der Waals surface area contributed by atoms with Crippen molar-refractivity contribution in [1.82, 2.24) is 5.32 Å². The van der Waals surface area contributed by atoms with Crippen molar-refractivity contribution in [3.8, 4) is 0 Å². The van der Waals surface area contributed by atoms with E-state index in [0.29, 0.717) is 18.8 Å². The fraction of sp³-hybridized carbons (Fsp3) is 0.857. The van der Waals surface area contributed by atoms with Crippen LogP contribution in [-0.2, 0) is 9.59 Å². The molecule has 3 aliphatic carbocycles. The van der Waals surface area contributed by atoms with Crippen LogP contribution in [0.3, 0.4) is 0 Å². The Labute approximate surface area is 107 Å². The van der Waals surface area contributed by atoms with E-state index in [9.17, 15) is 9.59 Å². The average Bonchev–Trinajstić information content (AvgIpc) is 3.24. The quantitative estimate of drug-likeness (QED) is 0.802. The van der Waals surface area contributed by atoms with E-state index in [1.165, 1.54) is 32.1 Å². The maximum atomic E-state index is 12.0. The first-order valence-corrected chi connectivity index (χ1v) is 7.18. The zero-order valence-electron chi connectivity index (χ0n) is 10.7. The molecular formula is C14H21NO3. The second-order valence-electron chi connectivity index (χ2n) is 6.28. The highest BCUT2D eigenvalue weighted by Gasteiger charge is 2.55. The second-order valence-corrected chi connectivity index (χ2v) is 6.28. The summed E-state index contributed by atoms with van der Waals surface area (Å²) in [5.41, 5.74) is -0.906. The van der Waals surface area contributed by atoms with E-state index < -0.39 is 11.5 Å². The Bertz CT molecular complexity index is 369. The Hall–Kier alpha value is -1.06. The van der Waals surface area contributed by atoms with Crippen molar-refractivity contribution in [3.05, 3.63) is 0 Å². The summed E-state index contributed by atoms with van der Waals surface area (Å²) in [6, 6.07) is 0. The first kappa shape index (κ1) is 12.0. The van der Waals surface area contributed by atoms with Gasteiger partial charge in [0.1, 0.15) is 5.54 Å². The van der Waals surface area contributed by atoms with E-state index in [1.54, 1.807) is 0 Å². The van der Waals surface area contributed by atoms with E-state index in [2.05, 4.69) is 5.32 Å². The molecule has 3 fully saturated rings. The van der Waals surface area contributed by atoms with Gasteiger partial charge in [0.2, 0.25) is 5.91 Å². The van der Waals surface area contributed by atoms with Crippen LogP contribution in [0.15, 0.2) is 0 Å². The van der Waals surface area contributed by atoms with Gasteiger partial charge in [0, 0.05) is 5.92 Å². The third-order valence-corrected chi connectivity index (χ3v) is 4.95. The molecule has 4 nitrogen and oxygen atoms in total. The number of nitrogens with one attached hydrogen (secondary N) is 1. The average molecular weight is 251 g/mol. The fourth-order valence-electron chi connectivity index (χ4n) is 3.45. The molecule has 3 saturated carbocycles. The zero-order chi connectivity index (χ0) is 12.8. The van der Waals surface area contributed by atoms with E-state index in [-0.39, 0.29) is 11.8 Å². The van der Waals surface area contributed by atoms with Crippen molar-refractivity contribution in [2.45, 2.75) is 56.9 Å². The lowest BCUT2D eigenvalue weighted by atomic mass is 9.85. The minimum atomic E-state index is -0.906. The molecule has 0 bridgehead atoms. The highest BCUT2D eigenvalue weighted by molar-refractivity contribution is 5.91. The first-order chi connectivity index (χ1) is 8.62. The highest BCUT2D eigenvalue weighted by Crippen LogP contribution is 2.50. The van der Waals surface area contributed by atoms with E-state index in [1.807, 2.05) is 0 Å². The maximum absolute atomic E-state index is 12.0. The lowest BCUT2D eigenvalue weighted by Crippen LogP contribution is -2.44. The van der Waals surface area contributed by atoms with Crippen LogP contribution in [-0.4, -0.2) is 22.5 Å². The van der Waals surface area contributed by atoms with Gasteiger partial charge in [-0.1, -0.05) is 32.1 Å². The second kappa shape index (κ2) is 4.25. The molecule has 3 aliphatic rings. The molecule has 0 saturated heterocycles. The Morgan fingerprint density at radius 1 is 1.11 bits per heavy atom. The van der Waals surface area contributed by atoms with Crippen molar-refractivity contribution in [2.24, 2.45) is 17.8 Å². The number of carboxylic acids is 1. The van der Waals surface area contributed by atoms with Crippen LogP contribution in [0.5, 0.6) is 0 Å². The van der Waals surface area contributed by atoms with Gasteiger partial charge in [-0.3, -0.25) is 4.79 Å². The highest BCUT2D eigenvalue weighted by atomic mass is 16.4. The third kappa shape index (κ3) is 2.13. The molecule has 0 radical (unpaired) electrons. The predicted octanol–water partition coefficient (Wildman–Crippen LogP) is 1.94. The van der Waals surface area contributed by atoms with Gasteiger partial charge < -0.3 is 10.4 Å². The lowest BCUT2D eigenvalue weighted by molar-refractivity contribution is -0.143. The molecule has 2 unspecified atom stereocenters. The Morgan fingerprint density at radius 2 is 1.78 bits per heavy atom. The molecule has 2 atom stereocenters. The monoisotopic (exact) mass is 251 g/mol. The van der Waals surface area contributed by atoms with Crippen LogP contribution in [0, 0.1) is 17.8 Å². The van der Waals surface area contributed by atoms with Gasteiger partial charge in [-0.25, -0.2) is 4.79 Å². The van der Waals surface area contributed by atoms with E-state index in [0.717, 1.165) is 12.3 Å². The Morgan fingerprint density at radius 3 is 2.33 bits per heavy atom. The number of carbonyl (C=O) groups excluding carboxylic acids is 1. The Kier molecular flexibility index (Phi) is 2.83. The SMILES string of the molecule is O=C(NC1(C(=O)O)CC1)C1CC1C1CCCCC1. The summed E-state index contributed by atoms with van der Waals surface area (Å²) < 4.78 is 0. The number of carboxylic acid groups (broad SMARTS) is 1. The number of rotatable bonds is 4. The molecule has 18 heavy (non-hydrogen) atoms. The van der Waals surface area contributed by atoms with Gasteiger partial charge in [-0.2, -0.15) is 0 Å². The fourth-order valence-corrected chi connectivity index (χ4v) is 3.45. The van der Waals surface area contributed by atoms with E-state index >= 15 is 0 Å². The summed E-state index contributed by atoms with van der Waals surface area (Å²) in [4.78, 5) is 23.1. The van der Waals surface area contributed by atoms with Crippen molar-refractivity contribution in [3.63, 3.8) is 0 Å². The normalized spacial score (nSPS) is 33.8. The topological polar surface area (TPSA) is 66.4 Å². The minimum absolute atomic E-state index is 0.00882. The minimum Gasteiger partial charge on any atom is -0.480 e. The molecule has 1 amide bonds. The summed E-state index contributed by atoms with van der Waals surface area (Å²) in [5, 5.41) is 11.8. The van der Waals surface area contributed by atoms with Crippen LogP contribution >= 0.6 is 0 Å². The summed E-state index contributed by atoms with van der Waals surface area (Å²) in [7, 11) is 0. The molecule has 0 aromatic heterocycles. The largest absolute Gasteiger partial charge is 0.480 e. The van der Waals surface area contributed by atoms with Crippen LogP contribution in [0.1, 0.15) is 51.4 Å². The smallest absolute Gasteiger partial charge is 0.329 e. The van der Waals surface area contributed by atoms with Crippen molar-refractivity contribution >= 4 is 11.9 Å². The molecule has 100 valence electrons. The summed E-state index contributed by atoms with van der Waals surface area (Å²) >= 11 is 0. The molecule has 0 heterocycles. The van der Waals surface area contributed by atoms with Gasteiger partial charge >= 0.3 is 5.97 Å². The molecule has 0 aliphatic heterocycles. The zero-order valence-corrected chi connectivity index (χ0v) is 10.7. The van der Waals surface area contributed by atoms with Crippen LogP contribution < -0.4 is 5.32 Å². The molecule has 3 rings (SSSR count). The van der Waals surface area contributed by atoms with Crippen LogP contribution in [0.4, 0.5) is 0 Å². The maximum Gasteiger partial charge on any atom is 0.329 e. The molecule has 0 spiro atoms.